The van der Waals surface area contributed by atoms with Gasteiger partial charge in [-0.1, -0.05) is 11.3 Å². The van der Waals surface area contributed by atoms with Gasteiger partial charge in [-0.05, 0) is 0 Å². The van der Waals surface area contributed by atoms with E-state index in [4.69, 9.17) is 10.2 Å². The normalized spacial score (nSPS) is 9.85. The molecule has 1 rings (SSSR count). The van der Waals surface area contributed by atoms with E-state index in [-0.39, 0.29) is 10.8 Å². The molecule has 0 saturated carbocycles. The minimum atomic E-state index is -1.12. The first-order chi connectivity index (χ1) is 6.09. The van der Waals surface area contributed by atoms with E-state index in [1.54, 1.807) is 0 Å². The number of aliphatic carboxylic acids is 1. The number of hydrogen-bond acceptors (Lipinski definition) is 5. The van der Waals surface area contributed by atoms with E-state index >= 15 is 0 Å². The molecule has 5 nitrogen and oxygen atoms in total. The molecule has 0 aromatic carbocycles. The quantitative estimate of drug-likeness (QED) is 0.727. The Labute approximate surface area is 81.4 Å². The lowest BCUT2D eigenvalue weighted by Gasteiger charge is -1.88. The molecule has 0 saturated heterocycles. The summed E-state index contributed by atoms with van der Waals surface area (Å²) in [5.74, 6) is -2.19. The van der Waals surface area contributed by atoms with Crippen LogP contribution in [0.15, 0.2) is 4.21 Å². The molecule has 13 heavy (non-hydrogen) atoms. The predicted octanol–water partition coefficient (Wildman–Crippen LogP) is 0.818. The molecule has 2 N–H and O–H groups in total. The Hall–Kier alpha value is -1.08. The summed E-state index contributed by atoms with van der Waals surface area (Å²) in [4.78, 5) is 24.0. The van der Waals surface area contributed by atoms with Crippen molar-refractivity contribution in [3.8, 4) is 0 Å². The van der Waals surface area contributed by atoms with Gasteiger partial charge >= 0.3 is 11.9 Å². The van der Waals surface area contributed by atoms with Crippen LogP contribution in [-0.4, -0.2) is 32.9 Å². The number of rotatable bonds is 4. The summed E-state index contributed by atoms with van der Waals surface area (Å²) in [5.41, 5.74) is 0. The number of carbonyl (C=O) groups is 2. The smallest absolute Gasteiger partial charge is 0.365 e. The van der Waals surface area contributed by atoms with Crippen LogP contribution in [0.1, 0.15) is 9.80 Å². The summed E-state index contributed by atoms with van der Waals surface area (Å²) in [7, 11) is 0. The second-order valence-electron chi connectivity index (χ2n) is 1.91. The van der Waals surface area contributed by atoms with Crippen LogP contribution < -0.4 is 0 Å². The fourth-order valence-corrected chi connectivity index (χ4v) is 1.97. The first-order valence-corrected chi connectivity index (χ1v) is 4.86. The molecule has 69 valence electrons. The van der Waals surface area contributed by atoms with E-state index in [1.807, 2.05) is 0 Å². The van der Waals surface area contributed by atoms with Crippen LogP contribution in [0.5, 0.6) is 0 Å². The van der Waals surface area contributed by atoms with Gasteiger partial charge in [0.25, 0.3) is 0 Å². The van der Waals surface area contributed by atoms with Gasteiger partial charge < -0.3 is 10.2 Å². The zero-order chi connectivity index (χ0) is 9.84. The van der Waals surface area contributed by atoms with Gasteiger partial charge in [0.1, 0.15) is 6.20 Å². The van der Waals surface area contributed by atoms with Crippen molar-refractivity contribution in [3.63, 3.8) is 0 Å². The zero-order valence-electron chi connectivity index (χ0n) is 6.18. The van der Waals surface area contributed by atoms with Crippen LogP contribution in [0, 0.1) is 6.20 Å². The summed E-state index contributed by atoms with van der Waals surface area (Å²) >= 11 is 1.92. The summed E-state index contributed by atoms with van der Waals surface area (Å²) < 4.78 is 0.472. The molecule has 0 aliphatic carbocycles. The van der Waals surface area contributed by atoms with E-state index in [1.165, 1.54) is 0 Å². The van der Waals surface area contributed by atoms with Crippen LogP contribution in [0.4, 0.5) is 0 Å². The number of thiazole rings is 1. The highest BCUT2D eigenvalue weighted by atomic mass is 32.2. The lowest BCUT2D eigenvalue weighted by Crippen LogP contribution is -1.96. The average Bonchev–Trinajstić information content (AvgIpc) is 2.48. The van der Waals surface area contributed by atoms with Crippen LogP contribution in [0.3, 0.4) is 0 Å². The summed E-state index contributed by atoms with van der Waals surface area (Å²) in [6.07, 6.45) is 2.43. The Morgan fingerprint density at radius 1 is 1.54 bits per heavy atom. The van der Waals surface area contributed by atoms with E-state index in [2.05, 4.69) is 11.2 Å². The van der Waals surface area contributed by atoms with Crippen molar-refractivity contribution in [2.45, 2.75) is 4.21 Å². The maximum absolute atomic E-state index is 10.4. The SMILES string of the molecule is O=C(O)CSc1[c]nc(C(=O)O)s1. The molecule has 0 unspecified atom stereocenters. The third-order valence-electron chi connectivity index (χ3n) is 0.948. The molecule has 0 spiro atoms. The van der Waals surface area contributed by atoms with Gasteiger partial charge in [0, 0.05) is 0 Å². The van der Waals surface area contributed by atoms with Crippen LogP contribution in [0.2, 0.25) is 0 Å². The lowest BCUT2D eigenvalue weighted by atomic mass is 10.7. The lowest BCUT2D eigenvalue weighted by molar-refractivity contribution is -0.133. The zero-order valence-corrected chi connectivity index (χ0v) is 7.81. The van der Waals surface area contributed by atoms with Crippen molar-refractivity contribution in [1.82, 2.24) is 4.98 Å². The molecular formula is C6H4NO4S2. The van der Waals surface area contributed by atoms with Crippen LogP contribution >= 0.6 is 23.1 Å². The average molecular weight is 218 g/mol. The second kappa shape index (κ2) is 4.24. The third-order valence-corrected chi connectivity index (χ3v) is 3.03. The third kappa shape index (κ3) is 3.03. The Balaban J connectivity index is 2.59. The molecule has 0 fully saturated rings. The number of hydrogen-bond donors (Lipinski definition) is 2. The van der Waals surface area contributed by atoms with E-state index in [9.17, 15) is 9.59 Å². The molecule has 1 heterocycles. The number of aromatic nitrogens is 1. The monoisotopic (exact) mass is 218 g/mol. The van der Waals surface area contributed by atoms with Gasteiger partial charge in [-0.2, -0.15) is 0 Å². The van der Waals surface area contributed by atoms with Gasteiger partial charge in [0.2, 0.25) is 5.01 Å². The molecule has 0 bridgehead atoms. The number of aromatic carboxylic acids is 1. The molecule has 1 aromatic heterocycles. The number of nitrogens with zero attached hydrogens (tertiary/aromatic N) is 1. The Bertz CT molecular complexity index is 335. The van der Waals surface area contributed by atoms with Gasteiger partial charge in [0.15, 0.2) is 0 Å². The molecular weight excluding hydrogens is 214 g/mol. The first kappa shape index (κ1) is 10.0. The maximum atomic E-state index is 10.4. The van der Waals surface area contributed by atoms with Crippen molar-refractivity contribution < 1.29 is 19.8 Å². The number of carboxylic acids is 2. The highest BCUT2D eigenvalue weighted by Gasteiger charge is 2.10. The highest BCUT2D eigenvalue weighted by Crippen LogP contribution is 2.24. The van der Waals surface area contributed by atoms with Crippen molar-refractivity contribution in [3.05, 3.63) is 11.2 Å². The van der Waals surface area contributed by atoms with Crippen LogP contribution in [-0.2, 0) is 4.79 Å². The van der Waals surface area contributed by atoms with E-state index in [0.29, 0.717) is 4.21 Å². The Morgan fingerprint density at radius 2 is 2.23 bits per heavy atom. The minimum Gasteiger partial charge on any atom is -0.481 e. The fraction of sp³-hybridized carbons (Fsp3) is 0.167. The predicted molar refractivity (Wildman–Crippen MR) is 46.3 cm³/mol. The first-order valence-electron chi connectivity index (χ1n) is 3.06. The maximum Gasteiger partial charge on any atom is 0.365 e. The minimum absolute atomic E-state index is 0.0760. The number of thioether (sulfide) groups is 1. The van der Waals surface area contributed by atoms with E-state index < -0.39 is 11.9 Å². The Kier molecular flexibility index (Phi) is 3.26. The van der Waals surface area contributed by atoms with Gasteiger partial charge in [0.05, 0.1) is 9.96 Å². The van der Waals surface area contributed by atoms with Crippen LogP contribution in [0.25, 0.3) is 0 Å². The Morgan fingerprint density at radius 3 is 2.69 bits per heavy atom. The molecule has 1 aromatic rings. The summed E-state index contributed by atoms with van der Waals surface area (Å²) in [5, 5.41) is 16.7. The van der Waals surface area contributed by atoms with Gasteiger partial charge in [-0.15, -0.1) is 11.8 Å². The molecule has 1 radical (unpaired) electrons. The second-order valence-corrected chi connectivity index (χ2v) is 4.15. The molecule has 7 heteroatoms. The van der Waals surface area contributed by atoms with Crippen molar-refractivity contribution in [1.29, 1.82) is 0 Å². The topological polar surface area (TPSA) is 87.5 Å². The molecule has 0 aliphatic rings. The molecule has 0 aliphatic heterocycles. The van der Waals surface area contributed by atoms with Gasteiger partial charge in [-0.3, -0.25) is 4.79 Å². The largest absolute Gasteiger partial charge is 0.481 e. The highest BCUT2D eigenvalue weighted by molar-refractivity contribution is 8.01. The molecule has 0 atom stereocenters. The van der Waals surface area contributed by atoms with Crippen molar-refractivity contribution in [2.75, 3.05) is 5.75 Å². The number of carboxylic acid groups (broad SMARTS) is 2. The fourth-order valence-electron chi connectivity index (χ4n) is 0.510. The van der Waals surface area contributed by atoms with Gasteiger partial charge in [-0.25, -0.2) is 9.78 Å². The molecule has 0 amide bonds. The van der Waals surface area contributed by atoms with Crippen molar-refractivity contribution >= 4 is 35.0 Å². The summed E-state index contributed by atoms with van der Waals surface area (Å²) in [6.45, 7) is 0. The standard InChI is InChI=1S/C6H4NO4S2/c8-3(9)2-12-4-1-7-5(13-4)6(10)11/h2H2,(H,8,9)(H,10,11). The van der Waals surface area contributed by atoms with E-state index in [0.717, 1.165) is 23.1 Å². The summed E-state index contributed by atoms with van der Waals surface area (Å²) in [6, 6.07) is 0. The van der Waals surface area contributed by atoms with Crippen molar-refractivity contribution in [2.24, 2.45) is 0 Å².